The molecule has 0 aromatic carbocycles. The molecule has 72 valence electrons. The predicted octanol–water partition coefficient (Wildman–Crippen LogP) is 3.27. The van der Waals surface area contributed by atoms with Crippen molar-refractivity contribution in [2.24, 2.45) is 0 Å². The van der Waals surface area contributed by atoms with E-state index in [0.29, 0.717) is 6.42 Å². The molecule has 0 amide bonds. The fourth-order valence-corrected chi connectivity index (χ4v) is 0.629. The van der Waals surface area contributed by atoms with Crippen LogP contribution >= 0.6 is 0 Å². The van der Waals surface area contributed by atoms with Crippen LogP contribution < -0.4 is 0 Å². The van der Waals surface area contributed by atoms with E-state index in [1.807, 2.05) is 6.92 Å². The van der Waals surface area contributed by atoms with Crippen molar-refractivity contribution in [3.8, 4) is 0 Å². The van der Waals surface area contributed by atoms with E-state index in [9.17, 15) is 13.2 Å². The fourth-order valence-electron chi connectivity index (χ4n) is 0.629. The third-order valence-electron chi connectivity index (χ3n) is 1.34. The summed E-state index contributed by atoms with van der Waals surface area (Å²) in [6, 6.07) is 0. The summed E-state index contributed by atoms with van der Waals surface area (Å²) >= 11 is 0. The zero-order valence-electron chi connectivity index (χ0n) is 7.08. The van der Waals surface area contributed by atoms with Gasteiger partial charge in [-0.15, -0.1) is 0 Å². The Labute approximate surface area is 70.2 Å². The lowest BCUT2D eigenvalue weighted by Gasteiger charge is -2.11. The number of rotatable bonds is 5. The van der Waals surface area contributed by atoms with Crippen molar-refractivity contribution in [3.05, 3.63) is 12.3 Å². The monoisotopic (exact) mass is 182 g/mol. The van der Waals surface area contributed by atoms with Crippen LogP contribution in [0.2, 0.25) is 0 Å². The maximum Gasteiger partial charge on any atom is 0.448 e. The number of hydrogen-bond donors (Lipinski definition) is 0. The highest BCUT2D eigenvalue weighted by Crippen LogP contribution is 2.24. The summed E-state index contributed by atoms with van der Waals surface area (Å²) in [7, 11) is 0. The lowest BCUT2D eigenvalue weighted by Crippen LogP contribution is -2.14. The van der Waals surface area contributed by atoms with Crippen molar-refractivity contribution in [2.75, 3.05) is 6.61 Å². The fraction of sp³-hybridized carbons (Fsp3) is 0.750. The second-order valence-corrected chi connectivity index (χ2v) is 2.48. The van der Waals surface area contributed by atoms with Gasteiger partial charge in [-0.1, -0.05) is 26.3 Å². The number of alkyl halides is 3. The van der Waals surface area contributed by atoms with Gasteiger partial charge in [0.2, 0.25) is 0 Å². The Balaban J connectivity index is 3.45. The average Bonchev–Trinajstić information content (AvgIpc) is 1.96. The molecule has 0 radical (unpaired) electrons. The summed E-state index contributed by atoms with van der Waals surface area (Å²) in [5, 5.41) is 0. The zero-order chi connectivity index (χ0) is 9.61. The first-order chi connectivity index (χ1) is 5.48. The molecule has 0 saturated heterocycles. The number of unbranched alkanes of at least 4 members (excludes halogenated alkanes) is 2. The van der Waals surface area contributed by atoms with Crippen LogP contribution in [0, 0.1) is 0 Å². The molecule has 0 rings (SSSR count). The van der Waals surface area contributed by atoms with Crippen molar-refractivity contribution < 1.29 is 17.9 Å². The minimum atomic E-state index is -4.41. The highest BCUT2D eigenvalue weighted by Gasteiger charge is 2.33. The normalized spacial score (nSPS) is 11.3. The molecule has 0 bridgehead atoms. The van der Waals surface area contributed by atoms with Gasteiger partial charge >= 0.3 is 6.18 Å². The van der Waals surface area contributed by atoms with Gasteiger partial charge in [0.1, 0.15) is 0 Å². The first kappa shape index (κ1) is 11.3. The van der Waals surface area contributed by atoms with E-state index in [-0.39, 0.29) is 6.61 Å². The Morgan fingerprint density at radius 2 is 1.92 bits per heavy atom. The second-order valence-electron chi connectivity index (χ2n) is 2.48. The van der Waals surface area contributed by atoms with Crippen molar-refractivity contribution in [3.63, 3.8) is 0 Å². The van der Waals surface area contributed by atoms with E-state index in [4.69, 9.17) is 0 Å². The van der Waals surface area contributed by atoms with Crippen molar-refractivity contribution in [1.29, 1.82) is 0 Å². The molecule has 0 saturated carbocycles. The molecule has 0 N–H and O–H groups in total. The van der Waals surface area contributed by atoms with Crippen LogP contribution in [0.5, 0.6) is 0 Å². The molecule has 0 aliphatic heterocycles. The van der Waals surface area contributed by atoms with Crippen LogP contribution in [0.15, 0.2) is 12.3 Å². The lowest BCUT2D eigenvalue weighted by molar-refractivity contribution is -0.130. The Kier molecular flexibility index (Phi) is 4.78. The van der Waals surface area contributed by atoms with Crippen LogP contribution in [0.25, 0.3) is 0 Å². The minimum Gasteiger partial charge on any atom is -0.489 e. The van der Waals surface area contributed by atoms with Gasteiger partial charge in [0.25, 0.3) is 0 Å². The number of hydrogen-bond acceptors (Lipinski definition) is 1. The molecule has 1 nitrogen and oxygen atoms in total. The summed E-state index contributed by atoms with van der Waals surface area (Å²) in [6.45, 7) is 4.85. The van der Waals surface area contributed by atoms with Gasteiger partial charge in [-0.25, -0.2) is 0 Å². The molecular formula is C8H13F3O. The third kappa shape index (κ3) is 5.04. The van der Waals surface area contributed by atoms with Crippen molar-refractivity contribution in [1.82, 2.24) is 0 Å². The molecule has 0 aromatic heterocycles. The zero-order valence-corrected chi connectivity index (χ0v) is 7.08. The largest absolute Gasteiger partial charge is 0.489 e. The molecule has 0 atom stereocenters. The van der Waals surface area contributed by atoms with E-state index in [0.717, 1.165) is 12.8 Å². The van der Waals surface area contributed by atoms with E-state index in [1.54, 1.807) is 0 Å². The van der Waals surface area contributed by atoms with Crippen LogP contribution in [0.1, 0.15) is 26.2 Å². The molecule has 4 heteroatoms. The molecule has 0 unspecified atom stereocenters. The quantitative estimate of drug-likeness (QED) is 0.468. The maximum atomic E-state index is 11.7. The summed E-state index contributed by atoms with van der Waals surface area (Å²) in [4.78, 5) is 0. The van der Waals surface area contributed by atoms with Gasteiger partial charge in [-0.05, 0) is 6.42 Å². The Hall–Kier alpha value is -0.670. The molecule has 0 spiro atoms. The Morgan fingerprint density at radius 1 is 1.33 bits per heavy atom. The Bertz CT molecular complexity index is 140. The SMILES string of the molecule is C=C(OCCCCC)C(F)(F)F. The topological polar surface area (TPSA) is 9.23 Å². The standard InChI is InChI=1S/C8H13F3O/c1-3-4-5-6-12-7(2)8(9,10)11/h2-6H2,1H3. The predicted molar refractivity (Wildman–Crippen MR) is 40.7 cm³/mol. The molecule has 0 aliphatic carbocycles. The first-order valence-corrected chi connectivity index (χ1v) is 3.87. The van der Waals surface area contributed by atoms with E-state index < -0.39 is 11.9 Å². The number of ether oxygens (including phenoxy) is 1. The van der Waals surface area contributed by atoms with Gasteiger partial charge in [0.15, 0.2) is 5.76 Å². The van der Waals surface area contributed by atoms with Crippen molar-refractivity contribution in [2.45, 2.75) is 32.4 Å². The lowest BCUT2D eigenvalue weighted by atomic mass is 10.3. The van der Waals surface area contributed by atoms with E-state index in [2.05, 4.69) is 11.3 Å². The summed E-state index contributed by atoms with van der Waals surface area (Å²) in [5.41, 5.74) is 0. The molecule has 12 heavy (non-hydrogen) atoms. The average molecular weight is 182 g/mol. The van der Waals surface area contributed by atoms with Crippen LogP contribution in [0.3, 0.4) is 0 Å². The van der Waals surface area contributed by atoms with Gasteiger partial charge in [0.05, 0.1) is 6.61 Å². The van der Waals surface area contributed by atoms with Crippen LogP contribution in [-0.2, 0) is 4.74 Å². The molecule has 0 heterocycles. The van der Waals surface area contributed by atoms with Gasteiger partial charge < -0.3 is 4.74 Å². The minimum absolute atomic E-state index is 0.103. The van der Waals surface area contributed by atoms with Gasteiger partial charge in [-0.3, -0.25) is 0 Å². The summed E-state index contributed by atoms with van der Waals surface area (Å²) in [6.07, 6.45) is -1.93. The van der Waals surface area contributed by atoms with Crippen LogP contribution in [-0.4, -0.2) is 12.8 Å². The van der Waals surface area contributed by atoms with Crippen LogP contribution in [0.4, 0.5) is 13.2 Å². The van der Waals surface area contributed by atoms with Gasteiger partial charge in [0, 0.05) is 0 Å². The first-order valence-electron chi connectivity index (χ1n) is 3.87. The highest BCUT2D eigenvalue weighted by atomic mass is 19.4. The third-order valence-corrected chi connectivity index (χ3v) is 1.34. The highest BCUT2D eigenvalue weighted by molar-refractivity contribution is 4.91. The summed E-state index contributed by atoms with van der Waals surface area (Å²) < 4.78 is 39.6. The number of allylic oxidation sites excluding steroid dienone is 1. The maximum absolute atomic E-state index is 11.7. The van der Waals surface area contributed by atoms with Gasteiger partial charge in [-0.2, -0.15) is 13.2 Å². The summed E-state index contributed by atoms with van der Waals surface area (Å²) in [5.74, 6) is -1.10. The van der Waals surface area contributed by atoms with E-state index in [1.165, 1.54) is 0 Å². The second kappa shape index (κ2) is 5.06. The smallest absolute Gasteiger partial charge is 0.448 e. The Morgan fingerprint density at radius 3 is 2.33 bits per heavy atom. The van der Waals surface area contributed by atoms with E-state index >= 15 is 0 Å². The molecule has 0 aromatic rings. The molecular weight excluding hydrogens is 169 g/mol. The number of halogens is 3. The van der Waals surface area contributed by atoms with Crippen molar-refractivity contribution >= 4 is 0 Å². The molecule has 0 fully saturated rings. The molecule has 0 aliphatic rings.